The summed E-state index contributed by atoms with van der Waals surface area (Å²) in [6.45, 7) is -0.276. The van der Waals surface area contributed by atoms with Gasteiger partial charge in [-0.3, -0.25) is 0 Å². The Bertz CT molecular complexity index is 583. The van der Waals surface area contributed by atoms with E-state index >= 15 is 0 Å². The van der Waals surface area contributed by atoms with Crippen LogP contribution in [0.5, 0.6) is 0 Å². The lowest BCUT2D eigenvalue weighted by Crippen LogP contribution is -2.52. The first-order valence-electron chi connectivity index (χ1n) is 6.59. The quantitative estimate of drug-likeness (QED) is 0.733. The Balaban J connectivity index is 2.33. The summed E-state index contributed by atoms with van der Waals surface area (Å²) in [4.78, 5) is -0.282. The molecule has 0 aliphatic heterocycles. The SMILES string of the molecule is Nc1c(F)cccc1S(=O)(=O)NC1(CO)CCCCC1. The maximum absolute atomic E-state index is 13.4. The first-order valence-corrected chi connectivity index (χ1v) is 8.07. The molecule has 0 bridgehead atoms. The van der Waals surface area contributed by atoms with Crippen molar-refractivity contribution >= 4 is 15.7 Å². The van der Waals surface area contributed by atoms with Gasteiger partial charge in [-0.2, -0.15) is 0 Å². The van der Waals surface area contributed by atoms with Gasteiger partial charge < -0.3 is 10.8 Å². The van der Waals surface area contributed by atoms with Crippen LogP contribution in [-0.2, 0) is 10.0 Å². The van der Waals surface area contributed by atoms with E-state index in [0.29, 0.717) is 12.8 Å². The van der Waals surface area contributed by atoms with E-state index in [1.54, 1.807) is 0 Å². The fourth-order valence-electron chi connectivity index (χ4n) is 2.61. The van der Waals surface area contributed by atoms with Gasteiger partial charge >= 0.3 is 0 Å². The molecule has 0 radical (unpaired) electrons. The summed E-state index contributed by atoms with van der Waals surface area (Å²) in [7, 11) is -3.96. The Morgan fingerprint density at radius 3 is 2.55 bits per heavy atom. The van der Waals surface area contributed by atoms with Crippen LogP contribution < -0.4 is 10.5 Å². The number of halogens is 1. The highest BCUT2D eigenvalue weighted by molar-refractivity contribution is 7.89. The van der Waals surface area contributed by atoms with Gasteiger partial charge in [-0.15, -0.1) is 0 Å². The number of aliphatic hydroxyl groups excluding tert-OH is 1. The fraction of sp³-hybridized carbons (Fsp3) is 0.538. The third-order valence-electron chi connectivity index (χ3n) is 3.77. The van der Waals surface area contributed by atoms with Crippen molar-refractivity contribution in [2.45, 2.75) is 42.5 Å². The molecule has 1 aliphatic rings. The zero-order chi connectivity index (χ0) is 14.8. The van der Waals surface area contributed by atoms with E-state index in [4.69, 9.17) is 5.73 Å². The molecule has 20 heavy (non-hydrogen) atoms. The summed E-state index contributed by atoms with van der Waals surface area (Å²) in [6, 6.07) is 3.66. The number of anilines is 1. The number of nitrogen functional groups attached to an aromatic ring is 1. The number of nitrogens with one attached hydrogen (secondary N) is 1. The predicted molar refractivity (Wildman–Crippen MR) is 74.0 cm³/mol. The molecule has 1 aromatic rings. The minimum atomic E-state index is -3.96. The first-order chi connectivity index (χ1) is 9.40. The van der Waals surface area contributed by atoms with Crippen LogP contribution in [0.3, 0.4) is 0 Å². The minimum Gasteiger partial charge on any atom is -0.395 e. The molecule has 0 atom stereocenters. The van der Waals surface area contributed by atoms with Crippen LogP contribution in [-0.4, -0.2) is 25.7 Å². The van der Waals surface area contributed by atoms with Crippen molar-refractivity contribution < 1.29 is 17.9 Å². The summed E-state index contributed by atoms with van der Waals surface area (Å²) in [5, 5.41) is 9.54. The lowest BCUT2D eigenvalue weighted by Gasteiger charge is -2.36. The maximum Gasteiger partial charge on any atom is 0.243 e. The van der Waals surface area contributed by atoms with Crippen LogP contribution >= 0.6 is 0 Å². The zero-order valence-electron chi connectivity index (χ0n) is 11.1. The molecule has 5 nitrogen and oxygen atoms in total. The number of hydrogen-bond acceptors (Lipinski definition) is 4. The van der Waals surface area contributed by atoms with Crippen LogP contribution in [0.15, 0.2) is 23.1 Å². The third-order valence-corrected chi connectivity index (χ3v) is 5.40. The van der Waals surface area contributed by atoms with Crippen molar-refractivity contribution in [3.05, 3.63) is 24.0 Å². The number of hydrogen-bond donors (Lipinski definition) is 3. The van der Waals surface area contributed by atoms with Crippen molar-refractivity contribution in [3.63, 3.8) is 0 Å². The Hall–Kier alpha value is -1.18. The van der Waals surface area contributed by atoms with Gasteiger partial charge in [0.15, 0.2) is 0 Å². The van der Waals surface area contributed by atoms with Crippen LogP contribution in [0.1, 0.15) is 32.1 Å². The number of nitrogens with two attached hydrogens (primary N) is 1. The van der Waals surface area contributed by atoms with Crippen molar-refractivity contribution in [2.75, 3.05) is 12.3 Å². The average molecular weight is 302 g/mol. The first kappa shape index (κ1) is 15.2. The summed E-state index contributed by atoms with van der Waals surface area (Å²) in [5.74, 6) is -0.769. The zero-order valence-corrected chi connectivity index (χ0v) is 11.9. The summed E-state index contributed by atoms with van der Waals surface area (Å²) < 4.78 is 40.7. The summed E-state index contributed by atoms with van der Waals surface area (Å²) >= 11 is 0. The highest BCUT2D eigenvalue weighted by atomic mass is 32.2. The van der Waals surface area contributed by atoms with E-state index in [0.717, 1.165) is 25.3 Å². The molecule has 0 unspecified atom stereocenters. The summed E-state index contributed by atoms with van der Waals surface area (Å²) in [5.41, 5.74) is 4.24. The van der Waals surface area contributed by atoms with Crippen LogP contribution in [0.2, 0.25) is 0 Å². The van der Waals surface area contributed by atoms with Crippen molar-refractivity contribution in [1.29, 1.82) is 0 Å². The molecule has 112 valence electrons. The second-order valence-electron chi connectivity index (χ2n) is 5.26. The van der Waals surface area contributed by atoms with Crippen LogP contribution in [0, 0.1) is 5.82 Å². The molecule has 7 heteroatoms. The second kappa shape index (κ2) is 5.67. The molecule has 1 saturated carbocycles. The van der Waals surface area contributed by atoms with E-state index in [1.807, 2.05) is 0 Å². The third kappa shape index (κ3) is 2.94. The number of para-hydroxylation sites is 1. The van der Waals surface area contributed by atoms with E-state index < -0.39 is 27.1 Å². The largest absolute Gasteiger partial charge is 0.395 e. The number of sulfonamides is 1. The van der Waals surface area contributed by atoms with E-state index in [-0.39, 0.29) is 11.5 Å². The van der Waals surface area contributed by atoms with Gasteiger partial charge in [0.2, 0.25) is 10.0 Å². The standard InChI is InChI=1S/C13H19FN2O3S/c14-10-5-4-6-11(12(10)15)20(18,19)16-13(9-17)7-2-1-3-8-13/h4-6,16-17H,1-3,7-9,15H2. The van der Waals surface area contributed by atoms with Gasteiger partial charge in [-0.25, -0.2) is 17.5 Å². The Labute approximate surface area is 118 Å². The molecule has 4 N–H and O–H groups in total. The molecule has 1 fully saturated rings. The lowest BCUT2D eigenvalue weighted by molar-refractivity contribution is 0.142. The number of aliphatic hydroxyl groups is 1. The van der Waals surface area contributed by atoms with Gasteiger partial charge in [-0.05, 0) is 25.0 Å². The molecule has 1 aromatic carbocycles. The smallest absolute Gasteiger partial charge is 0.243 e. The average Bonchev–Trinajstić information content (AvgIpc) is 2.42. The van der Waals surface area contributed by atoms with Crippen LogP contribution in [0.4, 0.5) is 10.1 Å². The molecule has 2 rings (SSSR count). The van der Waals surface area contributed by atoms with Gasteiger partial charge in [0.1, 0.15) is 10.7 Å². The van der Waals surface area contributed by atoms with Crippen molar-refractivity contribution in [1.82, 2.24) is 4.72 Å². The maximum atomic E-state index is 13.4. The van der Waals surface area contributed by atoms with Crippen molar-refractivity contribution in [2.24, 2.45) is 0 Å². The normalized spacial score (nSPS) is 18.9. The van der Waals surface area contributed by atoms with Gasteiger partial charge in [0.05, 0.1) is 17.8 Å². The van der Waals surface area contributed by atoms with E-state index in [1.165, 1.54) is 12.1 Å². The van der Waals surface area contributed by atoms with Crippen LogP contribution in [0.25, 0.3) is 0 Å². The Kier molecular flexibility index (Phi) is 4.31. The van der Waals surface area contributed by atoms with E-state index in [2.05, 4.69) is 4.72 Å². The topological polar surface area (TPSA) is 92.4 Å². The monoisotopic (exact) mass is 302 g/mol. The second-order valence-corrected chi connectivity index (χ2v) is 6.91. The number of rotatable bonds is 4. The Morgan fingerprint density at radius 2 is 1.95 bits per heavy atom. The lowest BCUT2D eigenvalue weighted by atomic mass is 9.83. The molecular weight excluding hydrogens is 283 g/mol. The Morgan fingerprint density at radius 1 is 1.30 bits per heavy atom. The highest BCUT2D eigenvalue weighted by Gasteiger charge is 2.36. The van der Waals surface area contributed by atoms with Gasteiger partial charge in [-0.1, -0.05) is 25.3 Å². The number of benzene rings is 1. The molecule has 0 aromatic heterocycles. The molecule has 0 spiro atoms. The van der Waals surface area contributed by atoms with Gasteiger partial charge in [0.25, 0.3) is 0 Å². The molecule has 0 amide bonds. The fourth-order valence-corrected chi connectivity index (χ4v) is 4.21. The van der Waals surface area contributed by atoms with E-state index in [9.17, 15) is 17.9 Å². The summed E-state index contributed by atoms with van der Waals surface area (Å²) in [6.07, 6.45) is 3.85. The molecule has 0 saturated heterocycles. The molecular formula is C13H19FN2O3S. The predicted octanol–water partition coefficient (Wildman–Crippen LogP) is 1.38. The van der Waals surface area contributed by atoms with Crippen molar-refractivity contribution in [3.8, 4) is 0 Å². The highest BCUT2D eigenvalue weighted by Crippen LogP contribution is 2.30. The van der Waals surface area contributed by atoms with Gasteiger partial charge in [0, 0.05) is 0 Å². The molecule has 0 heterocycles. The molecule has 1 aliphatic carbocycles. The minimum absolute atomic E-state index is 0.276.